The molecule has 0 saturated carbocycles. The Morgan fingerprint density at radius 3 is 2.40 bits per heavy atom. The van der Waals surface area contributed by atoms with E-state index in [0.29, 0.717) is 10.2 Å². The quantitative estimate of drug-likeness (QED) is 0.711. The van der Waals surface area contributed by atoms with E-state index < -0.39 is 14.9 Å². The van der Waals surface area contributed by atoms with Gasteiger partial charge < -0.3 is 4.74 Å². The van der Waals surface area contributed by atoms with Gasteiger partial charge in [-0.25, -0.2) is 12.8 Å². The molecule has 0 heterocycles. The van der Waals surface area contributed by atoms with Crippen molar-refractivity contribution >= 4 is 35.7 Å². The zero-order chi connectivity index (χ0) is 15.6. The number of benzene rings is 1. The maximum atomic E-state index is 13.2. The Hall–Kier alpha value is -0.330. The first kappa shape index (κ1) is 17.7. The van der Waals surface area contributed by atoms with E-state index in [9.17, 15) is 12.8 Å². The number of ether oxygens (including phenoxy) is 1. The molecule has 1 rings (SSSR count). The molecular weight excluding hydrogens is 371 g/mol. The van der Waals surface area contributed by atoms with E-state index in [2.05, 4.69) is 15.9 Å². The summed E-state index contributed by atoms with van der Waals surface area (Å²) >= 11 is 3.17. The van der Waals surface area contributed by atoms with Crippen LogP contribution >= 0.6 is 26.6 Å². The molecule has 0 aliphatic rings. The van der Waals surface area contributed by atoms with Crippen LogP contribution in [0.25, 0.3) is 0 Å². The molecular formula is C13H17BrClFO3S. The molecule has 1 aromatic rings. The Morgan fingerprint density at radius 1 is 1.35 bits per heavy atom. The molecule has 3 nitrogen and oxygen atoms in total. The van der Waals surface area contributed by atoms with Crippen LogP contribution in [0.3, 0.4) is 0 Å². The number of hydrogen-bond donors (Lipinski definition) is 0. The van der Waals surface area contributed by atoms with E-state index in [1.54, 1.807) is 6.07 Å². The minimum absolute atomic E-state index is 0.144. The fraction of sp³-hybridized carbons (Fsp3) is 0.538. The normalized spacial score (nSPS) is 14.1. The summed E-state index contributed by atoms with van der Waals surface area (Å²) in [5.41, 5.74) is -0.299. The van der Waals surface area contributed by atoms with E-state index in [1.165, 1.54) is 12.1 Å². The van der Waals surface area contributed by atoms with E-state index in [1.807, 2.05) is 20.8 Å². The van der Waals surface area contributed by atoms with Crippen LogP contribution in [-0.4, -0.2) is 20.8 Å². The molecule has 0 aromatic heterocycles. The molecule has 0 fully saturated rings. The van der Waals surface area contributed by atoms with Crippen molar-refractivity contribution in [3.63, 3.8) is 0 Å². The SMILES string of the molecule is CC(C)(C)C(COc1cc(F)cc(Br)c1)CS(=O)(=O)Cl. The van der Waals surface area contributed by atoms with Crippen LogP contribution in [0.4, 0.5) is 4.39 Å². The van der Waals surface area contributed by atoms with Gasteiger partial charge in [0.1, 0.15) is 11.6 Å². The second-order valence-corrected chi connectivity index (χ2v) is 9.42. The molecule has 1 unspecified atom stereocenters. The molecule has 0 bridgehead atoms. The Balaban J connectivity index is 2.81. The fourth-order valence-electron chi connectivity index (χ4n) is 1.60. The summed E-state index contributed by atoms with van der Waals surface area (Å²) in [4.78, 5) is 0. The summed E-state index contributed by atoms with van der Waals surface area (Å²) < 4.78 is 41.8. The van der Waals surface area contributed by atoms with Crippen LogP contribution in [0.5, 0.6) is 5.75 Å². The molecule has 0 N–H and O–H groups in total. The predicted octanol–water partition coefficient (Wildman–Crippen LogP) is 4.20. The van der Waals surface area contributed by atoms with Crippen LogP contribution < -0.4 is 4.74 Å². The summed E-state index contributed by atoms with van der Waals surface area (Å²) in [7, 11) is 1.70. The molecule has 1 atom stereocenters. The molecule has 0 aliphatic carbocycles. The lowest BCUT2D eigenvalue weighted by Crippen LogP contribution is -2.31. The highest BCUT2D eigenvalue weighted by atomic mass is 79.9. The summed E-state index contributed by atoms with van der Waals surface area (Å²) in [6.07, 6.45) is 0. The van der Waals surface area contributed by atoms with Gasteiger partial charge in [-0.1, -0.05) is 36.7 Å². The molecule has 0 spiro atoms. The lowest BCUT2D eigenvalue weighted by atomic mass is 9.82. The van der Waals surface area contributed by atoms with Crippen LogP contribution in [0, 0.1) is 17.2 Å². The standard InChI is InChI=1S/C13H17BrClFO3S/c1-13(2,3)9(8-20(15,17)18)7-19-12-5-10(14)4-11(16)6-12/h4-6,9H,7-8H2,1-3H3. The average Bonchev–Trinajstić information content (AvgIpc) is 2.19. The highest BCUT2D eigenvalue weighted by Gasteiger charge is 2.29. The first-order valence-electron chi connectivity index (χ1n) is 5.98. The van der Waals surface area contributed by atoms with Crippen molar-refractivity contribution in [2.45, 2.75) is 20.8 Å². The van der Waals surface area contributed by atoms with Gasteiger partial charge in [-0.2, -0.15) is 0 Å². The van der Waals surface area contributed by atoms with Gasteiger partial charge in [0.05, 0.1) is 12.4 Å². The van der Waals surface area contributed by atoms with Crippen LogP contribution in [-0.2, 0) is 9.05 Å². The summed E-state index contributed by atoms with van der Waals surface area (Å²) in [5, 5.41) is 0. The largest absolute Gasteiger partial charge is 0.493 e. The van der Waals surface area contributed by atoms with Crippen molar-refractivity contribution < 1.29 is 17.5 Å². The van der Waals surface area contributed by atoms with E-state index in [-0.39, 0.29) is 23.7 Å². The molecule has 0 saturated heterocycles. The summed E-state index contributed by atoms with van der Waals surface area (Å²) in [6.45, 7) is 5.87. The zero-order valence-electron chi connectivity index (χ0n) is 11.5. The first-order valence-corrected chi connectivity index (χ1v) is 9.26. The third kappa shape index (κ3) is 6.41. The van der Waals surface area contributed by atoms with Gasteiger partial charge in [-0.15, -0.1) is 0 Å². The predicted molar refractivity (Wildman–Crippen MR) is 82.2 cm³/mol. The van der Waals surface area contributed by atoms with Gasteiger partial charge in [-0.05, 0) is 17.5 Å². The smallest absolute Gasteiger partial charge is 0.233 e. The molecule has 7 heteroatoms. The van der Waals surface area contributed by atoms with Crippen molar-refractivity contribution in [1.29, 1.82) is 0 Å². The molecule has 114 valence electrons. The second kappa shape index (κ2) is 6.62. The third-order valence-electron chi connectivity index (χ3n) is 2.91. The van der Waals surface area contributed by atoms with Gasteiger partial charge in [0.2, 0.25) is 9.05 Å². The van der Waals surface area contributed by atoms with Crippen LogP contribution in [0.15, 0.2) is 22.7 Å². The highest BCUT2D eigenvalue weighted by molar-refractivity contribution is 9.10. The Bertz CT molecular complexity index is 549. The van der Waals surface area contributed by atoms with Gasteiger partial charge in [0.25, 0.3) is 0 Å². The number of rotatable bonds is 5. The van der Waals surface area contributed by atoms with E-state index in [0.717, 1.165) is 0 Å². The average molecular weight is 388 g/mol. The maximum absolute atomic E-state index is 13.2. The fourth-order valence-corrected chi connectivity index (χ4v) is 3.57. The molecule has 20 heavy (non-hydrogen) atoms. The van der Waals surface area contributed by atoms with Crippen LogP contribution in [0.2, 0.25) is 0 Å². The topological polar surface area (TPSA) is 43.4 Å². The van der Waals surface area contributed by atoms with Gasteiger partial charge in [0.15, 0.2) is 0 Å². The second-order valence-electron chi connectivity index (χ2n) is 5.68. The lowest BCUT2D eigenvalue weighted by molar-refractivity contribution is 0.163. The Kier molecular flexibility index (Phi) is 5.87. The summed E-state index contributed by atoms with van der Waals surface area (Å²) in [6, 6.07) is 4.19. The van der Waals surface area contributed by atoms with Gasteiger partial charge >= 0.3 is 0 Å². The first-order chi connectivity index (χ1) is 8.97. The van der Waals surface area contributed by atoms with Gasteiger partial charge in [-0.3, -0.25) is 0 Å². The maximum Gasteiger partial charge on any atom is 0.233 e. The Labute approximate surface area is 132 Å². The van der Waals surface area contributed by atoms with Gasteiger partial charge in [0, 0.05) is 27.1 Å². The zero-order valence-corrected chi connectivity index (χ0v) is 14.6. The van der Waals surface area contributed by atoms with Crippen molar-refractivity contribution in [3.05, 3.63) is 28.5 Å². The number of halogens is 3. The monoisotopic (exact) mass is 386 g/mol. The minimum atomic E-state index is -3.62. The third-order valence-corrected chi connectivity index (χ3v) is 4.55. The highest BCUT2D eigenvalue weighted by Crippen LogP contribution is 2.29. The summed E-state index contributed by atoms with van der Waals surface area (Å²) in [5.74, 6) is -0.564. The molecule has 0 amide bonds. The number of hydrogen-bond acceptors (Lipinski definition) is 3. The van der Waals surface area contributed by atoms with Crippen molar-refractivity contribution in [1.82, 2.24) is 0 Å². The van der Waals surface area contributed by atoms with Crippen molar-refractivity contribution in [2.24, 2.45) is 11.3 Å². The minimum Gasteiger partial charge on any atom is -0.493 e. The van der Waals surface area contributed by atoms with Crippen molar-refractivity contribution in [3.8, 4) is 5.75 Å². The van der Waals surface area contributed by atoms with Crippen LogP contribution in [0.1, 0.15) is 20.8 Å². The molecule has 0 radical (unpaired) electrons. The lowest BCUT2D eigenvalue weighted by Gasteiger charge is -2.29. The molecule has 1 aromatic carbocycles. The van der Waals surface area contributed by atoms with E-state index >= 15 is 0 Å². The van der Waals surface area contributed by atoms with Crippen molar-refractivity contribution in [2.75, 3.05) is 12.4 Å². The van der Waals surface area contributed by atoms with E-state index in [4.69, 9.17) is 15.4 Å². The molecule has 0 aliphatic heterocycles. The Morgan fingerprint density at radius 2 is 1.95 bits per heavy atom.